The summed E-state index contributed by atoms with van der Waals surface area (Å²) in [4.78, 5) is 24.6. The zero-order chi connectivity index (χ0) is 26.0. The average molecular weight is 483 g/mol. The lowest BCUT2D eigenvalue weighted by atomic mass is 9.64. The van der Waals surface area contributed by atoms with Gasteiger partial charge in [0.15, 0.2) is 5.78 Å². The second-order valence-corrected chi connectivity index (χ2v) is 10.5. The molecule has 1 saturated carbocycles. The SMILES string of the molecule is CNc1c(C)cc(C2(c3cc(C)c(NC(=O)c4ccc(C(C)=O)cc4)c(C)c3)CCCCC2)cc1C. The number of nitrogens with one attached hydrogen (secondary N) is 2. The summed E-state index contributed by atoms with van der Waals surface area (Å²) in [7, 11) is 1.99. The number of hydrogen-bond donors (Lipinski definition) is 2. The molecule has 0 aliphatic heterocycles. The third-order valence-electron chi connectivity index (χ3n) is 7.92. The van der Waals surface area contributed by atoms with Crippen LogP contribution in [0.3, 0.4) is 0 Å². The van der Waals surface area contributed by atoms with Gasteiger partial charge in [0.25, 0.3) is 5.91 Å². The first-order chi connectivity index (χ1) is 17.2. The quantitative estimate of drug-likeness (QED) is 0.354. The van der Waals surface area contributed by atoms with Crippen molar-refractivity contribution in [3.8, 4) is 0 Å². The molecule has 1 fully saturated rings. The minimum absolute atomic E-state index is 0.00753. The normalized spacial score (nSPS) is 14.8. The summed E-state index contributed by atoms with van der Waals surface area (Å²) in [6, 6.07) is 16.1. The molecule has 4 nitrogen and oxygen atoms in total. The van der Waals surface area contributed by atoms with Gasteiger partial charge in [0.05, 0.1) is 0 Å². The molecule has 0 heterocycles. The zero-order valence-electron chi connectivity index (χ0n) is 22.5. The van der Waals surface area contributed by atoms with Crippen LogP contribution in [0, 0.1) is 27.7 Å². The highest BCUT2D eigenvalue weighted by Crippen LogP contribution is 2.47. The number of Topliss-reactive ketones (excluding diaryl/α,β-unsaturated/α-hetero) is 1. The highest BCUT2D eigenvalue weighted by molar-refractivity contribution is 6.05. The van der Waals surface area contributed by atoms with E-state index in [0.717, 1.165) is 29.7 Å². The molecule has 4 heteroatoms. The first kappa shape index (κ1) is 25.7. The van der Waals surface area contributed by atoms with Crippen LogP contribution in [0.2, 0.25) is 0 Å². The van der Waals surface area contributed by atoms with Crippen LogP contribution in [0.15, 0.2) is 48.5 Å². The van der Waals surface area contributed by atoms with Gasteiger partial charge in [-0.15, -0.1) is 0 Å². The number of carbonyl (C=O) groups is 2. The first-order valence-electron chi connectivity index (χ1n) is 13.0. The van der Waals surface area contributed by atoms with Crippen molar-refractivity contribution >= 4 is 23.1 Å². The van der Waals surface area contributed by atoms with E-state index < -0.39 is 0 Å². The van der Waals surface area contributed by atoms with Crippen molar-refractivity contribution in [2.24, 2.45) is 0 Å². The van der Waals surface area contributed by atoms with E-state index in [2.05, 4.69) is 62.6 Å². The Bertz CT molecular complexity index is 1250. The van der Waals surface area contributed by atoms with E-state index in [1.54, 1.807) is 24.3 Å². The van der Waals surface area contributed by atoms with Crippen molar-refractivity contribution in [1.82, 2.24) is 0 Å². The molecule has 0 spiro atoms. The molecule has 0 saturated heterocycles. The molecule has 0 radical (unpaired) electrons. The fourth-order valence-corrected chi connectivity index (χ4v) is 6.01. The van der Waals surface area contributed by atoms with Crippen LogP contribution >= 0.6 is 0 Å². The second kappa shape index (κ2) is 10.3. The van der Waals surface area contributed by atoms with E-state index in [0.29, 0.717) is 11.1 Å². The molecule has 2 N–H and O–H groups in total. The molecule has 3 aromatic rings. The Morgan fingerprint density at radius 3 is 1.58 bits per heavy atom. The maximum Gasteiger partial charge on any atom is 0.255 e. The van der Waals surface area contributed by atoms with Crippen LogP contribution < -0.4 is 10.6 Å². The highest BCUT2D eigenvalue weighted by atomic mass is 16.1. The number of rotatable bonds is 6. The summed E-state index contributed by atoms with van der Waals surface area (Å²) < 4.78 is 0. The van der Waals surface area contributed by atoms with Crippen LogP contribution in [0.1, 0.15) is 93.1 Å². The van der Waals surface area contributed by atoms with Crippen LogP contribution in [-0.4, -0.2) is 18.7 Å². The fraction of sp³-hybridized carbons (Fsp3) is 0.375. The first-order valence-corrected chi connectivity index (χ1v) is 13.0. The average Bonchev–Trinajstić information content (AvgIpc) is 2.86. The summed E-state index contributed by atoms with van der Waals surface area (Å²) in [5.74, 6) is -0.169. The van der Waals surface area contributed by atoms with Gasteiger partial charge in [-0.2, -0.15) is 0 Å². The van der Waals surface area contributed by atoms with Crippen molar-refractivity contribution in [3.05, 3.63) is 93.0 Å². The maximum absolute atomic E-state index is 13.0. The van der Waals surface area contributed by atoms with Crippen LogP contribution in [-0.2, 0) is 5.41 Å². The van der Waals surface area contributed by atoms with Gasteiger partial charge >= 0.3 is 0 Å². The van der Waals surface area contributed by atoms with Gasteiger partial charge in [-0.05, 0) is 93.0 Å². The Kier molecular flexibility index (Phi) is 7.35. The van der Waals surface area contributed by atoms with Gasteiger partial charge < -0.3 is 10.6 Å². The van der Waals surface area contributed by atoms with Gasteiger partial charge in [-0.1, -0.05) is 55.7 Å². The summed E-state index contributed by atoms with van der Waals surface area (Å²) in [6.45, 7) is 10.1. The van der Waals surface area contributed by atoms with Gasteiger partial charge in [0.2, 0.25) is 0 Å². The topological polar surface area (TPSA) is 58.2 Å². The van der Waals surface area contributed by atoms with Gasteiger partial charge in [-0.25, -0.2) is 0 Å². The largest absolute Gasteiger partial charge is 0.388 e. The minimum atomic E-state index is -0.162. The van der Waals surface area contributed by atoms with Crippen LogP contribution in [0.5, 0.6) is 0 Å². The van der Waals surface area contributed by atoms with Gasteiger partial charge in [-0.3, -0.25) is 9.59 Å². The van der Waals surface area contributed by atoms with Crippen molar-refractivity contribution < 1.29 is 9.59 Å². The van der Waals surface area contributed by atoms with E-state index in [1.807, 2.05) is 7.05 Å². The van der Waals surface area contributed by atoms with Crippen molar-refractivity contribution in [2.45, 2.75) is 72.1 Å². The van der Waals surface area contributed by atoms with E-state index in [1.165, 1.54) is 54.1 Å². The molecule has 0 unspecified atom stereocenters. The lowest BCUT2D eigenvalue weighted by Crippen LogP contribution is -2.31. The predicted molar refractivity (Wildman–Crippen MR) is 150 cm³/mol. The molecule has 1 aliphatic rings. The van der Waals surface area contributed by atoms with E-state index in [-0.39, 0.29) is 17.1 Å². The number of amides is 1. The Morgan fingerprint density at radius 1 is 0.694 bits per heavy atom. The Hall–Kier alpha value is -3.40. The number of anilines is 2. The fourth-order valence-electron chi connectivity index (χ4n) is 6.01. The number of aryl methyl sites for hydroxylation is 4. The number of hydrogen-bond acceptors (Lipinski definition) is 3. The summed E-state index contributed by atoms with van der Waals surface area (Å²) in [5, 5.41) is 6.48. The van der Waals surface area contributed by atoms with Gasteiger partial charge in [0.1, 0.15) is 0 Å². The smallest absolute Gasteiger partial charge is 0.255 e. The minimum Gasteiger partial charge on any atom is -0.388 e. The monoisotopic (exact) mass is 482 g/mol. The molecular formula is C32H38N2O2. The molecule has 36 heavy (non-hydrogen) atoms. The van der Waals surface area contributed by atoms with Gasteiger partial charge in [0, 0.05) is 35.0 Å². The van der Waals surface area contributed by atoms with Crippen molar-refractivity contribution in [3.63, 3.8) is 0 Å². The number of carbonyl (C=O) groups excluding carboxylic acids is 2. The maximum atomic E-state index is 13.0. The molecule has 0 atom stereocenters. The summed E-state index contributed by atoms with van der Waals surface area (Å²) >= 11 is 0. The Labute approximate surface area is 215 Å². The Morgan fingerprint density at radius 2 is 1.14 bits per heavy atom. The van der Waals surface area contributed by atoms with E-state index in [9.17, 15) is 9.59 Å². The molecule has 0 bridgehead atoms. The predicted octanol–water partition coefficient (Wildman–Crippen LogP) is 7.67. The number of ketones is 1. The molecule has 0 aromatic heterocycles. The molecule has 4 rings (SSSR count). The van der Waals surface area contributed by atoms with Crippen LogP contribution in [0.25, 0.3) is 0 Å². The molecule has 188 valence electrons. The summed E-state index contributed by atoms with van der Waals surface area (Å²) in [5.41, 5.74) is 10.7. The number of benzene rings is 3. The van der Waals surface area contributed by atoms with Crippen molar-refractivity contribution in [1.29, 1.82) is 0 Å². The molecule has 3 aromatic carbocycles. The van der Waals surface area contributed by atoms with E-state index >= 15 is 0 Å². The molecule has 1 aliphatic carbocycles. The third kappa shape index (κ3) is 4.82. The molecular weight excluding hydrogens is 444 g/mol. The highest BCUT2D eigenvalue weighted by Gasteiger charge is 2.37. The van der Waals surface area contributed by atoms with E-state index in [4.69, 9.17) is 0 Å². The second-order valence-electron chi connectivity index (χ2n) is 10.5. The zero-order valence-corrected chi connectivity index (χ0v) is 22.5. The third-order valence-corrected chi connectivity index (χ3v) is 7.92. The summed E-state index contributed by atoms with van der Waals surface area (Å²) in [6.07, 6.45) is 6.00. The molecule has 1 amide bonds. The lowest BCUT2D eigenvalue weighted by molar-refractivity contribution is 0.100. The standard InChI is InChI=1S/C32H38N2O2/c1-20-16-27(17-21(2)29(20)33-6)32(14-8-7-9-15-32)28-18-22(3)30(23(4)19-28)34-31(36)26-12-10-25(11-13-26)24(5)35/h10-13,16-19,33H,7-9,14-15H2,1-6H3,(H,34,36). The Balaban J connectivity index is 1.71. The lowest BCUT2D eigenvalue weighted by Gasteiger charge is -2.40. The van der Waals surface area contributed by atoms with Crippen molar-refractivity contribution in [2.75, 3.05) is 17.7 Å². The van der Waals surface area contributed by atoms with Crippen LogP contribution in [0.4, 0.5) is 11.4 Å².